The molecule has 0 heterocycles. The smallest absolute Gasteiger partial charge is 0.327 e. The number of carbonyl (C=O) groups is 1. The van der Waals surface area contributed by atoms with Crippen molar-refractivity contribution in [3.05, 3.63) is 34.6 Å². The Kier molecular flexibility index (Phi) is 5.57. The molecule has 0 saturated heterocycles. The highest BCUT2D eigenvalue weighted by atomic mass is 35.5. The molecule has 0 aliphatic carbocycles. The van der Waals surface area contributed by atoms with Crippen LogP contribution in [0.4, 0.5) is 4.39 Å². The van der Waals surface area contributed by atoms with Crippen LogP contribution in [0.1, 0.15) is 11.6 Å². The van der Waals surface area contributed by atoms with Gasteiger partial charge >= 0.3 is 5.97 Å². The first-order valence-corrected chi connectivity index (χ1v) is 4.22. The average molecular weight is 254 g/mol. The van der Waals surface area contributed by atoms with E-state index in [1.165, 1.54) is 13.2 Å². The second-order valence-electron chi connectivity index (χ2n) is 2.70. The molecule has 1 rings (SSSR count). The molecule has 0 aliphatic rings. The molecule has 3 nitrogen and oxygen atoms in total. The number of carbonyl (C=O) groups excluding carboxylic acids is 1. The summed E-state index contributed by atoms with van der Waals surface area (Å²) in [6.07, 6.45) is 0. The van der Waals surface area contributed by atoms with E-state index in [1.54, 1.807) is 0 Å². The molecule has 1 aromatic rings. The first-order valence-electron chi connectivity index (χ1n) is 3.84. The van der Waals surface area contributed by atoms with Gasteiger partial charge in [-0.2, -0.15) is 0 Å². The summed E-state index contributed by atoms with van der Waals surface area (Å²) in [5.74, 6) is -1.17. The largest absolute Gasteiger partial charge is 0.468 e. The van der Waals surface area contributed by atoms with E-state index in [4.69, 9.17) is 17.3 Å². The van der Waals surface area contributed by atoms with E-state index in [0.717, 1.165) is 12.1 Å². The van der Waals surface area contributed by atoms with Crippen LogP contribution in [0.2, 0.25) is 5.02 Å². The topological polar surface area (TPSA) is 52.3 Å². The number of ether oxygens (including phenoxy) is 1. The van der Waals surface area contributed by atoms with Gasteiger partial charge in [-0.1, -0.05) is 11.6 Å². The predicted octanol–water partition coefficient (Wildman–Crippen LogP) is 2.07. The lowest BCUT2D eigenvalue weighted by atomic mass is 10.1. The average Bonchev–Trinajstić information content (AvgIpc) is 2.14. The van der Waals surface area contributed by atoms with Gasteiger partial charge < -0.3 is 10.5 Å². The third kappa shape index (κ3) is 3.66. The lowest BCUT2D eigenvalue weighted by Crippen LogP contribution is -2.22. The Morgan fingerprint density at radius 1 is 1.53 bits per heavy atom. The fraction of sp³-hybridized carbons (Fsp3) is 0.222. The summed E-state index contributed by atoms with van der Waals surface area (Å²) in [5.41, 5.74) is 5.78. The van der Waals surface area contributed by atoms with Crippen LogP contribution in [-0.2, 0) is 9.53 Å². The van der Waals surface area contributed by atoms with E-state index < -0.39 is 17.8 Å². The Hall–Kier alpha value is -0.840. The van der Waals surface area contributed by atoms with Crippen molar-refractivity contribution in [1.29, 1.82) is 0 Å². The second kappa shape index (κ2) is 5.90. The van der Waals surface area contributed by atoms with Crippen molar-refractivity contribution in [1.82, 2.24) is 0 Å². The van der Waals surface area contributed by atoms with Crippen LogP contribution in [0.15, 0.2) is 18.2 Å². The van der Waals surface area contributed by atoms with Gasteiger partial charge in [-0.15, -0.1) is 12.4 Å². The normalized spacial score (nSPS) is 11.5. The summed E-state index contributed by atoms with van der Waals surface area (Å²) in [5, 5.41) is 0.194. The number of nitrogens with two attached hydrogens (primary N) is 1. The van der Waals surface area contributed by atoms with Crippen LogP contribution in [0.25, 0.3) is 0 Å². The molecule has 0 aromatic heterocycles. The second-order valence-corrected chi connectivity index (χ2v) is 3.14. The molecular formula is C9H10Cl2FNO2. The highest BCUT2D eigenvalue weighted by Crippen LogP contribution is 2.19. The van der Waals surface area contributed by atoms with Gasteiger partial charge in [0, 0.05) is 5.02 Å². The molecule has 0 amide bonds. The van der Waals surface area contributed by atoms with E-state index in [9.17, 15) is 9.18 Å². The molecule has 6 heteroatoms. The minimum absolute atomic E-state index is 0. The summed E-state index contributed by atoms with van der Waals surface area (Å²) in [6.45, 7) is 0. The molecule has 0 fully saturated rings. The standard InChI is InChI=1S/C9H9ClFNO2.ClH/c1-14-9(13)8(12)5-2-6(10)4-7(11)3-5;/h2-4,8H,12H2,1H3;1H/t8-;/m0./s1. The SMILES string of the molecule is COC(=O)[C@@H](N)c1cc(F)cc(Cl)c1.Cl. The zero-order chi connectivity index (χ0) is 10.7. The maximum atomic E-state index is 12.9. The molecule has 84 valence electrons. The molecule has 0 bridgehead atoms. The zero-order valence-corrected chi connectivity index (χ0v) is 9.44. The Bertz CT molecular complexity index is 340. The molecule has 15 heavy (non-hydrogen) atoms. The van der Waals surface area contributed by atoms with E-state index in [1.807, 2.05) is 0 Å². The molecule has 1 aromatic carbocycles. The minimum Gasteiger partial charge on any atom is -0.468 e. The van der Waals surface area contributed by atoms with Crippen molar-refractivity contribution in [2.45, 2.75) is 6.04 Å². The summed E-state index contributed by atoms with van der Waals surface area (Å²) >= 11 is 5.59. The van der Waals surface area contributed by atoms with Crippen LogP contribution in [-0.4, -0.2) is 13.1 Å². The van der Waals surface area contributed by atoms with Crippen LogP contribution in [0, 0.1) is 5.82 Å². The van der Waals surface area contributed by atoms with E-state index >= 15 is 0 Å². The molecule has 1 atom stereocenters. The molecule has 0 unspecified atom stereocenters. The number of esters is 1. The first kappa shape index (κ1) is 14.2. The van der Waals surface area contributed by atoms with Gasteiger partial charge in [-0.3, -0.25) is 4.79 Å². The molecule has 2 N–H and O–H groups in total. The van der Waals surface area contributed by atoms with E-state index in [0.29, 0.717) is 5.56 Å². The number of halogens is 3. The van der Waals surface area contributed by atoms with Crippen LogP contribution in [0.3, 0.4) is 0 Å². The monoisotopic (exact) mass is 253 g/mol. The summed E-state index contributed by atoms with van der Waals surface area (Å²) in [7, 11) is 1.21. The van der Waals surface area contributed by atoms with E-state index in [2.05, 4.69) is 4.74 Å². The third-order valence-electron chi connectivity index (χ3n) is 1.70. The number of hydrogen-bond acceptors (Lipinski definition) is 3. The van der Waals surface area contributed by atoms with Crippen molar-refractivity contribution in [3.63, 3.8) is 0 Å². The summed E-state index contributed by atoms with van der Waals surface area (Å²) in [6, 6.07) is 2.70. The van der Waals surface area contributed by atoms with Crippen molar-refractivity contribution in [2.75, 3.05) is 7.11 Å². The Balaban J connectivity index is 0.00000196. The van der Waals surface area contributed by atoms with Crippen LogP contribution in [0.5, 0.6) is 0 Å². The summed E-state index contributed by atoms with van der Waals surface area (Å²) in [4.78, 5) is 11.0. The molecule has 0 aliphatic heterocycles. The van der Waals surface area contributed by atoms with Crippen molar-refractivity contribution in [2.24, 2.45) is 5.73 Å². The summed E-state index contributed by atoms with van der Waals surface area (Å²) < 4.78 is 17.3. The Labute approximate surface area is 97.8 Å². The highest BCUT2D eigenvalue weighted by Gasteiger charge is 2.17. The van der Waals surface area contributed by atoms with Gasteiger partial charge in [0.05, 0.1) is 7.11 Å². The minimum atomic E-state index is -1.01. The fourth-order valence-electron chi connectivity index (χ4n) is 1.02. The van der Waals surface area contributed by atoms with Gasteiger partial charge in [0.15, 0.2) is 0 Å². The Morgan fingerprint density at radius 3 is 2.60 bits per heavy atom. The Morgan fingerprint density at radius 2 is 2.13 bits per heavy atom. The van der Waals surface area contributed by atoms with Gasteiger partial charge in [-0.05, 0) is 23.8 Å². The highest BCUT2D eigenvalue weighted by molar-refractivity contribution is 6.30. The van der Waals surface area contributed by atoms with Gasteiger partial charge in [0.2, 0.25) is 0 Å². The lowest BCUT2D eigenvalue weighted by Gasteiger charge is -2.09. The van der Waals surface area contributed by atoms with Gasteiger partial charge in [0.1, 0.15) is 11.9 Å². The molecule has 0 radical (unpaired) electrons. The van der Waals surface area contributed by atoms with Crippen LogP contribution < -0.4 is 5.73 Å². The predicted molar refractivity (Wildman–Crippen MR) is 57.6 cm³/mol. The quantitative estimate of drug-likeness (QED) is 0.822. The number of benzene rings is 1. The molecular weight excluding hydrogens is 244 g/mol. The lowest BCUT2D eigenvalue weighted by molar-refractivity contribution is -0.142. The first-order chi connectivity index (χ1) is 6.54. The molecule has 0 saturated carbocycles. The fourth-order valence-corrected chi connectivity index (χ4v) is 1.25. The van der Waals surface area contributed by atoms with Crippen molar-refractivity contribution in [3.8, 4) is 0 Å². The van der Waals surface area contributed by atoms with Crippen molar-refractivity contribution >= 4 is 30.0 Å². The molecule has 0 spiro atoms. The van der Waals surface area contributed by atoms with Gasteiger partial charge in [0.25, 0.3) is 0 Å². The van der Waals surface area contributed by atoms with Crippen LogP contribution >= 0.6 is 24.0 Å². The maximum Gasteiger partial charge on any atom is 0.327 e. The number of hydrogen-bond donors (Lipinski definition) is 1. The van der Waals surface area contributed by atoms with Crippen molar-refractivity contribution < 1.29 is 13.9 Å². The number of methoxy groups -OCH3 is 1. The third-order valence-corrected chi connectivity index (χ3v) is 1.92. The van der Waals surface area contributed by atoms with Gasteiger partial charge in [-0.25, -0.2) is 4.39 Å². The van der Waals surface area contributed by atoms with E-state index in [-0.39, 0.29) is 17.4 Å². The number of rotatable bonds is 2. The zero-order valence-electron chi connectivity index (χ0n) is 7.87. The maximum absolute atomic E-state index is 12.9.